The van der Waals surface area contributed by atoms with E-state index in [4.69, 9.17) is 16.3 Å². The molecule has 3 nitrogen and oxygen atoms in total. The van der Waals surface area contributed by atoms with Gasteiger partial charge in [-0.1, -0.05) is 18.2 Å². The zero-order valence-corrected chi connectivity index (χ0v) is 9.54. The molecule has 0 atom stereocenters. The summed E-state index contributed by atoms with van der Waals surface area (Å²) in [5.74, 6) is 0.259. The van der Waals surface area contributed by atoms with Gasteiger partial charge in [-0.3, -0.25) is 5.32 Å². The number of carbonyl (C=O) groups is 1. The van der Waals surface area contributed by atoms with E-state index in [0.717, 1.165) is 0 Å². The second kappa shape index (κ2) is 5.03. The molecule has 0 saturated heterocycles. The summed E-state index contributed by atoms with van der Waals surface area (Å²) in [7, 11) is 0. The van der Waals surface area contributed by atoms with Crippen molar-refractivity contribution in [1.82, 2.24) is 0 Å². The first-order chi connectivity index (χ1) is 7.03. The number of hydrogen-bond acceptors (Lipinski definition) is 2. The average Bonchev–Trinajstić information content (AvgIpc) is 2.18. The summed E-state index contributed by atoms with van der Waals surface area (Å²) in [5.41, 5.74) is 0.0494. The molecule has 1 amide bonds. The fraction of sp³-hybridized carbons (Fsp3) is 0.364. The number of benzene rings is 1. The number of carbonyl (C=O) groups excluding carboxylic acids is 1. The first-order valence-electron chi connectivity index (χ1n) is 4.64. The van der Waals surface area contributed by atoms with Crippen LogP contribution in [0.1, 0.15) is 13.8 Å². The van der Waals surface area contributed by atoms with E-state index in [2.05, 4.69) is 5.32 Å². The summed E-state index contributed by atoms with van der Waals surface area (Å²) >= 11 is 5.64. The standard InChI is InChI=1S/C11H14ClNO2/c1-11(2,8-12)15-10(14)13-9-6-4-3-5-7-9/h3-7H,8H2,1-2H3,(H,13,14). The van der Waals surface area contributed by atoms with E-state index >= 15 is 0 Å². The maximum Gasteiger partial charge on any atom is 0.412 e. The van der Waals surface area contributed by atoms with E-state index in [-0.39, 0.29) is 5.88 Å². The zero-order chi connectivity index (χ0) is 11.3. The molecular weight excluding hydrogens is 214 g/mol. The molecule has 15 heavy (non-hydrogen) atoms. The Morgan fingerprint density at radius 1 is 1.40 bits per heavy atom. The number of nitrogens with one attached hydrogen (secondary N) is 1. The number of ether oxygens (including phenoxy) is 1. The molecule has 82 valence electrons. The Hall–Kier alpha value is -1.22. The van der Waals surface area contributed by atoms with Crippen LogP contribution >= 0.6 is 11.6 Å². The topological polar surface area (TPSA) is 38.3 Å². The highest BCUT2D eigenvalue weighted by molar-refractivity contribution is 6.18. The number of amides is 1. The fourth-order valence-electron chi connectivity index (χ4n) is 0.943. The molecular formula is C11H14ClNO2. The van der Waals surface area contributed by atoms with E-state index in [9.17, 15) is 4.79 Å². The molecule has 0 bridgehead atoms. The molecule has 0 aliphatic heterocycles. The Morgan fingerprint density at radius 2 is 2.00 bits per heavy atom. The molecule has 0 saturated carbocycles. The lowest BCUT2D eigenvalue weighted by Gasteiger charge is -2.22. The van der Waals surface area contributed by atoms with Crippen LogP contribution in [0.3, 0.4) is 0 Å². The van der Waals surface area contributed by atoms with Crippen molar-refractivity contribution in [3.8, 4) is 0 Å². The Bertz CT molecular complexity index is 325. The van der Waals surface area contributed by atoms with E-state index in [1.54, 1.807) is 26.0 Å². The SMILES string of the molecule is CC(C)(CCl)OC(=O)Nc1ccccc1. The maximum atomic E-state index is 11.4. The number of hydrogen-bond donors (Lipinski definition) is 1. The van der Waals surface area contributed by atoms with Gasteiger partial charge in [0, 0.05) is 5.69 Å². The predicted molar refractivity (Wildman–Crippen MR) is 61.3 cm³/mol. The van der Waals surface area contributed by atoms with Gasteiger partial charge in [0.1, 0.15) is 5.60 Å². The highest BCUT2D eigenvalue weighted by Crippen LogP contribution is 2.13. The van der Waals surface area contributed by atoms with Gasteiger partial charge in [-0.05, 0) is 26.0 Å². The van der Waals surface area contributed by atoms with Crippen molar-refractivity contribution in [3.05, 3.63) is 30.3 Å². The molecule has 1 aromatic rings. The second-order valence-corrected chi connectivity index (χ2v) is 4.04. The molecule has 0 aliphatic carbocycles. The molecule has 0 fully saturated rings. The van der Waals surface area contributed by atoms with E-state index in [1.165, 1.54) is 0 Å². The minimum absolute atomic E-state index is 0.259. The molecule has 0 heterocycles. The summed E-state index contributed by atoms with van der Waals surface area (Å²) in [6.45, 7) is 3.51. The van der Waals surface area contributed by atoms with Gasteiger partial charge >= 0.3 is 6.09 Å². The third kappa shape index (κ3) is 4.21. The fourth-order valence-corrected chi connectivity index (χ4v) is 0.998. The number of anilines is 1. The van der Waals surface area contributed by atoms with Crippen molar-refractivity contribution in [2.45, 2.75) is 19.4 Å². The zero-order valence-electron chi connectivity index (χ0n) is 8.79. The number of halogens is 1. The van der Waals surface area contributed by atoms with Crippen LogP contribution in [0.4, 0.5) is 10.5 Å². The van der Waals surface area contributed by atoms with E-state index < -0.39 is 11.7 Å². The normalized spacial score (nSPS) is 10.9. The van der Waals surface area contributed by atoms with Crippen molar-refractivity contribution in [1.29, 1.82) is 0 Å². The van der Waals surface area contributed by atoms with Crippen LogP contribution in [0.25, 0.3) is 0 Å². The Balaban J connectivity index is 2.51. The van der Waals surface area contributed by atoms with E-state index in [0.29, 0.717) is 5.69 Å². The molecule has 0 unspecified atom stereocenters. The molecule has 0 spiro atoms. The number of alkyl halides is 1. The van der Waals surface area contributed by atoms with Crippen molar-refractivity contribution in [2.24, 2.45) is 0 Å². The first kappa shape index (κ1) is 11.9. The highest BCUT2D eigenvalue weighted by Gasteiger charge is 2.21. The van der Waals surface area contributed by atoms with Gasteiger partial charge in [-0.2, -0.15) is 0 Å². The largest absolute Gasteiger partial charge is 0.442 e. The Labute approximate surface area is 94.4 Å². The Morgan fingerprint density at radius 3 is 2.53 bits per heavy atom. The lowest BCUT2D eigenvalue weighted by Crippen LogP contribution is -2.32. The molecule has 1 N–H and O–H groups in total. The summed E-state index contributed by atoms with van der Waals surface area (Å²) in [6.07, 6.45) is -0.494. The smallest absolute Gasteiger partial charge is 0.412 e. The highest BCUT2D eigenvalue weighted by atomic mass is 35.5. The van der Waals surface area contributed by atoms with Gasteiger partial charge in [-0.15, -0.1) is 11.6 Å². The lowest BCUT2D eigenvalue weighted by atomic mass is 10.2. The van der Waals surface area contributed by atoms with Crippen molar-refractivity contribution in [3.63, 3.8) is 0 Å². The van der Waals surface area contributed by atoms with E-state index in [1.807, 2.05) is 18.2 Å². The summed E-state index contributed by atoms with van der Waals surface area (Å²) < 4.78 is 5.11. The van der Waals surface area contributed by atoms with Crippen molar-refractivity contribution >= 4 is 23.4 Å². The molecule has 1 aromatic carbocycles. The number of rotatable bonds is 3. The molecule has 0 aromatic heterocycles. The second-order valence-electron chi connectivity index (χ2n) is 3.77. The van der Waals surface area contributed by atoms with Gasteiger partial charge in [0.2, 0.25) is 0 Å². The van der Waals surface area contributed by atoms with Gasteiger partial charge in [-0.25, -0.2) is 4.79 Å². The maximum absolute atomic E-state index is 11.4. The molecule has 0 radical (unpaired) electrons. The van der Waals surface area contributed by atoms with Crippen molar-refractivity contribution in [2.75, 3.05) is 11.2 Å². The van der Waals surface area contributed by atoms with Crippen LogP contribution in [0.5, 0.6) is 0 Å². The quantitative estimate of drug-likeness (QED) is 0.805. The predicted octanol–water partition coefficient (Wildman–Crippen LogP) is 3.25. The molecule has 1 rings (SSSR count). The number of para-hydroxylation sites is 1. The van der Waals surface area contributed by atoms with Gasteiger partial charge < -0.3 is 4.74 Å². The Kier molecular flexibility index (Phi) is 3.97. The van der Waals surface area contributed by atoms with Crippen LogP contribution in [0, 0.1) is 0 Å². The van der Waals surface area contributed by atoms with Crippen LogP contribution in [-0.2, 0) is 4.74 Å². The van der Waals surface area contributed by atoms with Gasteiger partial charge in [0.15, 0.2) is 0 Å². The minimum Gasteiger partial charge on any atom is -0.442 e. The monoisotopic (exact) mass is 227 g/mol. The lowest BCUT2D eigenvalue weighted by molar-refractivity contribution is 0.0661. The third-order valence-electron chi connectivity index (χ3n) is 1.71. The molecule has 0 aliphatic rings. The van der Waals surface area contributed by atoms with Crippen LogP contribution in [0.2, 0.25) is 0 Å². The average molecular weight is 228 g/mol. The van der Waals surface area contributed by atoms with Crippen LogP contribution in [0.15, 0.2) is 30.3 Å². The van der Waals surface area contributed by atoms with Gasteiger partial charge in [0.25, 0.3) is 0 Å². The third-order valence-corrected chi connectivity index (χ3v) is 2.35. The van der Waals surface area contributed by atoms with Gasteiger partial charge in [0.05, 0.1) is 5.88 Å². The summed E-state index contributed by atoms with van der Waals surface area (Å²) in [6, 6.07) is 9.12. The van der Waals surface area contributed by atoms with Crippen molar-refractivity contribution < 1.29 is 9.53 Å². The summed E-state index contributed by atoms with van der Waals surface area (Å²) in [4.78, 5) is 11.4. The summed E-state index contributed by atoms with van der Waals surface area (Å²) in [5, 5.41) is 2.61. The molecule has 4 heteroatoms. The first-order valence-corrected chi connectivity index (χ1v) is 5.18. The van der Waals surface area contributed by atoms with Crippen LogP contribution in [-0.4, -0.2) is 17.6 Å². The minimum atomic E-state index is -0.652. The van der Waals surface area contributed by atoms with Crippen LogP contribution < -0.4 is 5.32 Å².